The SMILES string of the molecule is COc1ccc(N(C)S(=O)(=O)c2cccc(C(=O)NC(C)c3cccs3)c2)cc1. The molecule has 0 aliphatic rings. The minimum absolute atomic E-state index is 0.0484. The van der Waals surface area contributed by atoms with Gasteiger partial charge in [-0.3, -0.25) is 9.10 Å². The lowest BCUT2D eigenvalue weighted by Gasteiger charge is -2.20. The zero-order valence-corrected chi connectivity index (χ0v) is 18.0. The highest BCUT2D eigenvalue weighted by Crippen LogP contribution is 2.25. The van der Waals surface area contributed by atoms with Gasteiger partial charge >= 0.3 is 0 Å². The first-order valence-electron chi connectivity index (χ1n) is 8.90. The van der Waals surface area contributed by atoms with Crippen molar-refractivity contribution < 1.29 is 17.9 Å². The number of rotatable bonds is 7. The average Bonchev–Trinajstić information content (AvgIpc) is 3.28. The number of hydrogen-bond donors (Lipinski definition) is 1. The Balaban J connectivity index is 1.82. The Morgan fingerprint density at radius 3 is 2.45 bits per heavy atom. The van der Waals surface area contributed by atoms with E-state index in [4.69, 9.17) is 4.74 Å². The van der Waals surface area contributed by atoms with Crippen molar-refractivity contribution in [3.05, 3.63) is 76.5 Å². The van der Waals surface area contributed by atoms with Crippen LogP contribution >= 0.6 is 11.3 Å². The lowest BCUT2D eigenvalue weighted by Crippen LogP contribution is -2.28. The third-order valence-electron chi connectivity index (χ3n) is 4.51. The standard InChI is InChI=1S/C21H22N2O4S2/c1-15(20-8-5-13-28-20)22-21(24)16-6-4-7-19(14-16)29(25,26)23(2)17-9-11-18(27-3)12-10-17/h4-15H,1-3H3,(H,22,24). The summed E-state index contributed by atoms with van der Waals surface area (Å²) in [6, 6.07) is 16.5. The van der Waals surface area contributed by atoms with E-state index in [0.717, 1.165) is 4.88 Å². The molecule has 0 spiro atoms. The normalized spacial score (nSPS) is 12.2. The number of ether oxygens (including phenoxy) is 1. The topological polar surface area (TPSA) is 75.7 Å². The molecule has 29 heavy (non-hydrogen) atoms. The summed E-state index contributed by atoms with van der Waals surface area (Å²) in [5, 5.41) is 4.84. The van der Waals surface area contributed by atoms with Gasteiger partial charge in [0.2, 0.25) is 0 Å². The van der Waals surface area contributed by atoms with Crippen LogP contribution in [-0.2, 0) is 10.0 Å². The highest BCUT2D eigenvalue weighted by atomic mass is 32.2. The Kier molecular flexibility index (Phi) is 6.24. The predicted octanol–water partition coefficient (Wildman–Crippen LogP) is 4.07. The molecule has 0 aliphatic carbocycles. The third-order valence-corrected chi connectivity index (χ3v) is 7.34. The maximum absolute atomic E-state index is 13.0. The van der Waals surface area contributed by atoms with E-state index in [2.05, 4.69) is 5.32 Å². The molecule has 1 heterocycles. The summed E-state index contributed by atoms with van der Waals surface area (Å²) < 4.78 is 32.4. The van der Waals surface area contributed by atoms with Crippen molar-refractivity contribution in [3.8, 4) is 5.75 Å². The lowest BCUT2D eigenvalue weighted by atomic mass is 10.2. The van der Waals surface area contributed by atoms with Gasteiger partial charge in [-0.25, -0.2) is 8.42 Å². The number of thiophene rings is 1. The van der Waals surface area contributed by atoms with E-state index in [1.165, 1.54) is 23.5 Å². The second-order valence-electron chi connectivity index (χ2n) is 6.41. The summed E-state index contributed by atoms with van der Waals surface area (Å²) in [6.45, 7) is 1.89. The zero-order valence-electron chi connectivity index (χ0n) is 16.3. The number of methoxy groups -OCH3 is 1. The number of benzene rings is 2. The molecule has 1 atom stereocenters. The van der Waals surface area contributed by atoms with Crippen LogP contribution in [-0.4, -0.2) is 28.5 Å². The second-order valence-corrected chi connectivity index (χ2v) is 9.36. The molecule has 0 saturated heterocycles. The van der Waals surface area contributed by atoms with Gasteiger partial charge in [-0.05, 0) is 60.8 Å². The van der Waals surface area contributed by atoms with Crippen molar-refractivity contribution in [2.24, 2.45) is 0 Å². The molecule has 0 fully saturated rings. The molecular formula is C21H22N2O4S2. The van der Waals surface area contributed by atoms with Gasteiger partial charge in [0.1, 0.15) is 5.75 Å². The summed E-state index contributed by atoms with van der Waals surface area (Å²) in [6.07, 6.45) is 0. The number of nitrogens with one attached hydrogen (secondary N) is 1. The van der Waals surface area contributed by atoms with Gasteiger partial charge in [0.25, 0.3) is 15.9 Å². The third kappa shape index (κ3) is 4.60. The maximum Gasteiger partial charge on any atom is 0.264 e. The number of sulfonamides is 1. The molecule has 1 unspecified atom stereocenters. The highest BCUT2D eigenvalue weighted by molar-refractivity contribution is 7.92. The minimum Gasteiger partial charge on any atom is -0.497 e. The number of carbonyl (C=O) groups is 1. The van der Waals surface area contributed by atoms with E-state index in [1.54, 1.807) is 54.8 Å². The van der Waals surface area contributed by atoms with Crippen LogP contribution in [0.3, 0.4) is 0 Å². The van der Waals surface area contributed by atoms with Crippen molar-refractivity contribution >= 4 is 33.0 Å². The van der Waals surface area contributed by atoms with E-state index < -0.39 is 10.0 Å². The second kappa shape index (κ2) is 8.67. The Morgan fingerprint density at radius 2 is 1.83 bits per heavy atom. The zero-order chi connectivity index (χ0) is 21.0. The van der Waals surface area contributed by atoms with Crippen LogP contribution in [0, 0.1) is 0 Å². The van der Waals surface area contributed by atoms with Crippen molar-refractivity contribution in [2.45, 2.75) is 17.9 Å². The fourth-order valence-corrected chi connectivity index (χ4v) is 4.75. The summed E-state index contributed by atoms with van der Waals surface area (Å²) in [4.78, 5) is 13.7. The Hall–Kier alpha value is -2.84. The molecule has 6 nitrogen and oxygen atoms in total. The molecular weight excluding hydrogens is 408 g/mol. The van der Waals surface area contributed by atoms with Crippen molar-refractivity contribution in [2.75, 3.05) is 18.5 Å². The monoisotopic (exact) mass is 430 g/mol. The van der Waals surface area contributed by atoms with E-state index in [1.807, 2.05) is 24.4 Å². The van der Waals surface area contributed by atoms with Gasteiger partial charge in [0.05, 0.1) is 23.7 Å². The van der Waals surface area contributed by atoms with Gasteiger partial charge in [0, 0.05) is 17.5 Å². The molecule has 1 aromatic heterocycles. The Bertz CT molecular complexity index is 1080. The van der Waals surface area contributed by atoms with Gasteiger partial charge < -0.3 is 10.1 Å². The highest BCUT2D eigenvalue weighted by Gasteiger charge is 2.23. The number of carbonyl (C=O) groups excluding carboxylic acids is 1. The molecule has 0 saturated carbocycles. The number of hydrogen-bond acceptors (Lipinski definition) is 5. The molecule has 0 radical (unpaired) electrons. The van der Waals surface area contributed by atoms with Crippen LogP contribution in [0.25, 0.3) is 0 Å². The Morgan fingerprint density at radius 1 is 1.10 bits per heavy atom. The summed E-state index contributed by atoms with van der Waals surface area (Å²) in [5.41, 5.74) is 0.782. The van der Waals surface area contributed by atoms with E-state index in [9.17, 15) is 13.2 Å². The number of anilines is 1. The number of amides is 1. The van der Waals surface area contributed by atoms with Crippen molar-refractivity contribution in [3.63, 3.8) is 0 Å². The summed E-state index contributed by atoms with van der Waals surface area (Å²) >= 11 is 1.55. The molecule has 8 heteroatoms. The maximum atomic E-state index is 13.0. The van der Waals surface area contributed by atoms with Gasteiger partial charge in [0.15, 0.2) is 0 Å². The lowest BCUT2D eigenvalue weighted by molar-refractivity contribution is 0.0940. The smallest absolute Gasteiger partial charge is 0.264 e. The summed E-state index contributed by atoms with van der Waals surface area (Å²) in [7, 11) is -0.803. The minimum atomic E-state index is -3.82. The van der Waals surface area contributed by atoms with Crippen LogP contribution in [0.2, 0.25) is 0 Å². The molecule has 1 N–H and O–H groups in total. The average molecular weight is 431 g/mol. The van der Waals surface area contributed by atoms with E-state index in [-0.39, 0.29) is 22.4 Å². The van der Waals surface area contributed by atoms with Gasteiger partial charge in [-0.2, -0.15) is 0 Å². The quantitative estimate of drug-likeness (QED) is 0.613. The van der Waals surface area contributed by atoms with Crippen LogP contribution < -0.4 is 14.4 Å². The van der Waals surface area contributed by atoms with Crippen LogP contribution in [0.1, 0.15) is 28.2 Å². The van der Waals surface area contributed by atoms with Crippen LogP contribution in [0.4, 0.5) is 5.69 Å². The van der Waals surface area contributed by atoms with Gasteiger partial charge in [-0.1, -0.05) is 12.1 Å². The first-order valence-corrected chi connectivity index (χ1v) is 11.2. The number of nitrogens with zero attached hydrogens (tertiary/aromatic N) is 1. The molecule has 3 aromatic rings. The van der Waals surface area contributed by atoms with Crippen LogP contribution in [0.5, 0.6) is 5.75 Å². The van der Waals surface area contributed by atoms with E-state index >= 15 is 0 Å². The fourth-order valence-electron chi connectivity index (χ4n) is 2.78. The first-order chi connectivity index (χ1) is 13.8. The fraction of sp³-hybridized carbons (Fsp3) is 0.190. The Labute approximate surface area is 174 Å². The molecule has 152 valence electrons. The van der Waals surface area contributed by atoms with Gasteiger partial charge in [-0.15, -0.1) is 11.3 Å². The molecule has 2 aromatic carbocycles. The molecule has 0 aliphatic heterocycles. The molecule has 0 bridgehead atoms. The molecule has 3 rings (SSSR count). The molecule has 1 amide bonds. The van der Waals surface area contributed by atoms with E-state index in [0.29, 0.717) is 11.4 Å². The van der Waals surface area contributed by atoms with Crippen molar-refractivity contribution in [1.29, 1.82) is 0 Å². The summed E-state index contributed by atoms with van der Waals surface area (Å²) in [5.74, 6) is 0.313. The van der Waals surface area contributed by atoms with Crippen molar-refractivity contribution in [1.82, 2.24) is 5.32 Å². The van der Waals surface area contributed by atoms with Crippen LogP contribution in [0.15, 0.2) is 70.9 Å². The largest absolute Gasteiger partial charge is 0.497 e. The predicted molar refractivity (Wildman–Crippen MR) is 115 cm³/mol. The first kappa shape index (κ1) is 20.9.